The number of aliphatic hydroxyl groups is 4. The zero-order valence-electron chi connectivity index (χ0n) is 59.0. The van der Waals surface area contributed by atoms with E-state index in [1.807, 2.05) is 13.8 Å². The lowest BCUT2D eigenvalue weighted by molar-refractivity contribution is -0.254. The Hall–Kier alpha value is -10.3. The number of hydrogen-bond donors (Lipinski definition) is 16. The number of nitrogens with one attached hydrogen (secondary N) is 9. The molecule has 0 spiro atoms. The zero-order chi connectivity index (χ0) is 76.0. The van der Waals surface area contributed by atoms with Crippen LogP contribution in [0.4, 0.5) is 0 Å². The number of carbonyl (C=O) groups is 11. The van der Waals surface area contributed by atoms with Crippen LogP contribution < -0.4 is 59.3 Å². The van der Waals surface area contributed by atoms with Gasteiger partial charge in [-0.05, 0) is 91.3 Å². The van der Waals surface area contributed by atoms with Crippen LogP contribution in [0.2, 0.25) is 0 Å². The van der Waals surface area contributed by atoms with E-state index in [1.165, 1.54) is 35.4 Å². The fourth-order valence-electron chi connectivity index (χ4n) is 12.8. The quantitative estimate of drug-likeness (QED) is 0.0362. The second-order valence-electron chi connectivity index (χ2n) is 27.5. The molecule has 0 bridgehead atoms. The topological polar surface area (TPSA) is 492 Å². The lowest BCUT2D eigenvalue weighted by Crippen LogP contribution is -2.62. The normalized spacial score (nSPS) is 26.9. The van der Waals surface area contributed by atoms with E-state index in [4.69, 9.17) is 16.2 Å². The number of phenolic OH excluding ortho intramolecular Hbond substituents is 1. The maximum absolute atomic E-state index is 15.4. The summed E-state index contributed by atoms with van der Waals surface area (Å²) < 4.78 is 6.63. The number of rotatable bonds is 21. The summed E-state index contributed by atoms with van der Waals surface area (Å²) in [4.78, 5) is 165. The average molecular weight is 1460 g/mol. The number of aromatic nitrogens is 3. The van der Waals surface area contributed by atoms with E-state index in [1.54, 1.807) is 105 Å². The number of nitrogens with two attached hydrogens (primary N) is 2. The van der Waals surface area contributed by atoms with Crippen molar-refractivity contribution in [2.45, 2.75) is 196 Å². The van der Waals surface area contributed by atoms with Crippen molar-refractivity contribution in [3.8, 4) is 5.75 Å². The van der Waals surface area contributed by atoms with Gasteiger partial charge in [0.05, 0.1) is 18.5 Å². The van der Waals surface area contributed by atoms with E-state index >= 15 is 28.8 Å². The van der Waals surface area contributed by atoms with Crippen LogP contribution in [0.5, 0.6) is 5.75 Å². The number of aromatic hydroxyl groups is 1. The zero-order valence-corrected chi connectivity index (χ0v) is 59.0. The Kier molecular flexibility index (Phi) is 29.5. The highest BCUT2D eigenvalue weighted by molar-refractivity contribution is 6.00. The Bertz CT molecular complexity index is 3780. The smallest absolute Gasteiger partial charge is 0.246 e. The van der Waals surface area contributed by atoms with Crippen LogP contribution in [0.15, 0.2) is 121 Å². The first-order valence-corrected chi connectivity index (χ1v) is 35.3. The van der Waals surface area contributed by atoms with Gasteiger partial charge in [0.1, 0.15) is 90.6 Å². The summed E-state index contributed by atoms with van der Waals surface area (Å²) in [5.41, 5.74) is 13.6. The van der Waals surface area contributed by atoms with Crippen LogP contribution in [0, 0.1) is 11.8 Å². The molecule has 3 saturated heterocycles. The van der Waals surface area contributed by atoms with Gasteiger partial charge in [0.25, 0.3) is 0 Å². The minimum atomic E-state index is -1.85. The van der Waals surface area contributed by atoms with Gasteiger partial charge in [-0.1, -0.05) is 136 Å². The molecule has 32 heteroatoms. The third kappa shape index (κ3) is 22.9. The summed E-state index contributed by atoms with van der Waals surface area (Å²) in [7, 11) is 0. The van der Waals surface area contributed by atoms with Crippen molar-refractivity contribution in [2.75, 3.05) is 19.7 Å². The molecule has 3 aliphatic rings. The van der Waals surface area contributed by atoms with Gasteiger partial charge in [-0.25, -0.2) is 4.68 Å². The standard InChI is InChI=1S/C73H97N15O17/c1-40(2)32-50-65(97)83-55(36-44-20-12-7-13-21-44)72(104)87-31-15-23-56(87)70(102)82-52(34-43-18-10-6-11-19-43)67(99)80-51(33-42-16-8-5-9-17-42)66(98)81-54(37-46-38-88(86-85-46)73-62(94)61(93)60(92)57(39-89)105-73)68(100)76-49(28-29-58(75)91)64(96)79-53(35-45-24-26-47(90)27-25-45)69(101)84-59(41(3)4)71(103)77-48(22-14-30-74)63(95)78-50/h5-13,16-21,24-27,38,40-41,48-57,59-62,73,89-90,92-94H,14-15,22-23,28-37,39,74H2,1-4H3,(H2,75,91)(H,76,100)(H,77,103)(H,78,95)(H,79,96)(H,80,99)(H,81,98)(H,82,102)(H,83,97)(H,84,101)/t48-,49-,50-,51+,52-,53-,54-,55+,56-,57+,59-,60+,61-,62-,73-/m0/s1. The van der Waals surface area contributed by atoms with Gasteiger partial charge in [-0.2, -0.15) is 0 Å². The third-order valence-electron chi connectivity index (χ3n) is 18.5. The van der Waals surface area contributed by atoms with Crippen molar-refractivity contribution in [3.63, 3.8) is 0 Å². The van der Waals surface area contributed by atoms with Crippen LogP contribution in [-0.4, -0.2) is 215 Å². The molecule has 0 saturated carbocycles. The van der Waals surface area contributed by atoms with E-state index in [0.29, 0.717) is 28.7 Å². The summed E-state index contributed by atoms with van der Waals surface area (Å²) in [6.45, 7) is 6.16. The Balaban J connectivity index is 1.24. The molecule has 566 valence electrons. The summed E-state index contributed by atoms with van der Waals surface area (Å²) >= 11 is 0. The van der Waals surface area contributed by atoms with Crippen molar-refractivity contribution in [3.05, 3.63) is 149 Å². The van der Waals surface area contributed by atoms with E-state index < -0.39 is 188 Å². The summed E-state index contributed by atoms with van der Waals surface area (Å²) in [5.74, 6) is -11.0. The lowest BCUT2D eigenvalue weighted by Gasteiger charge is -2.39. The predicted molar refractivity (Wildman–Crippen MR) is 378 cm³/mol. The number of hydrogen-bond acceptors (Lipinski definition) is 20. The van der Waals surface area contributed by atoms with Gasteiger partial charge in [0.2, 0.25) is 65.0 Å². The first-order chi connectivity index (χ1) is 50.2. The van der Waals surface area contributed by atoms with Crippen molar-refractivity contribution in [1.82, 2.24) is 67.7 Å². The summed E-state index contributed by atoms with van der Waals surface area (Å²) in [6.07, 6.45) is -9.15. The number of ether oxygens (including phenoxy) is 1. The Labute approximate surface area is 607 Å². The van der Waals surface area contributed by atoms with Crippen LogP contribution in [0.1, 0.15) is 107 Å². The third-order valence-corrected chi connectivity index (χ3v) is 18.5. The second kappa shape index (κ2) is 38.5. The molecule has 5 aromatic rings. The minimum Gasteiger partial charge on any atom is -0.508 e. The maximum Gasteiger partial charge on any atom is 0.246 e. The largest absolute Gasteiger partial charge is 0.508 e. The molecule has 4 aromatic carbocycles. The molecule has 105 heavy (non-hydrogen) atoms. The molecular weight excluding hydrogens is 1360 g/mol. The number of aliphatic hydroxyl groups excluding tert-OH is 4. The summed E-state index contributed by atoms with van der Waals surface area (Å²) in [5, 5.41) is 85.4. The van der Waals surface area contributed by atoms with Gasteiger partial charge < -0.3 is 94.5 Å². The maximum atomic E-state index is 15.4. The monoisotopic (exact) mass is 1460 g/mol. The van der Waals surface area contributed by atoms with Crippen molar-refractivity contribution in [1.29, 1.82) is 0 Å². The molecule has 8 rings (SSSR count). The highest BCUT2D eigenvalue weighted by Crippen LogP contribution is 2.29. The summed E-state index contributed by atoms with van der Waals surface area (Å²) in [6, 6.07) is 16.4. The van der Waals surface area contributed by atoms with Gasteiger partial charge in [-0.15, -0.1) is 5.10 Å². The first kappa shape index (κ1) is 80.4. The van der Waals surface area contributed by atoms with Gasteiger partial charge in [0.15, 0.2) is 6.23 Å². The van der Waals surface area contributed by atoms with E-state index in [2.05, 4.69) is 58.2 Å². The van der Waals surface area contributed by atoms with Gasteiger partial charge in [-0.3, -0.25) is 52.7 Å². The molecule has 11 amide bonds. The molecule has 0 radical (unpaired) electrons. The van der Waals surface area contributed by atoms with Crippen LogP contribution in [-0.2, 0) is 89.6 Å². The molecule has 15 atom stereocenters. The number of carbonyl (C=O) groups excluding carboxylic acids is 11. The molecule has 3 fully saturated rings. The van der Waals surface area contributed by atoms with Crippen LogP contribution >= 0.6 is 0 Å². The van der Waals surface area contributed by atoms with Crippen molar-refractivity contribution in [2.24, 2.45) is 23.3 Å². The fraction of sp³-hybridized carbons (Fsp3) is 0.493. The number of amides is 11. The Morgan fingerprint density at radius 2 is 0.971 bits per heavy atom. The Morgan fingerprint density at radius 1 is 0.533 bits per heavy atom. The second-order valence-corrected chi connectivity index (χ2v) is 27.5. The highest BCUT2D eigenvalue weighted by atomic mass is 16.6. The van der Waals surface area contributed by atoms with E-state index in [9.17, 15) is 49.5 Å². The van der Waals surface area contributed by atoms with Crippen LogP contribution in [0.25, 0.3) is 0 Å². The highest BCUT2D eigenvalue weighted by Gasteiger charge is 2.46. The number of nitrogens with zero attached hydrogens (tertiary/aromatic N) is 4. The average Bonchev–Trinajstić information content (AvgIpc) is 1.77. The van der Waals surface area contributed by atoms with Gasteiger partial charge >= 0.3 is 0 Å². The predicted octanol–water partition coefficient (Wildman–Crippen LogP) is -2.46. The molecule has 32 nitrogen and oxygen atoms in total. The minimum absolute atomic E-state index is 0.0440. The van der Waals surface area contributed by atoms with E-state index in [-0.39, 0.29) is 81.8 Å². The molecule has 1 aromatic heterocycles. The number of fused-ring (bicyclic) bond motifs is 1. The van der Waals surface area contributed by atoms with Gasteiger partial charge in [0, 0.05) is 45.1 Å². The van der Waals surface area contributed by atoms with Crippen LogP contribution in [0.3, 0.4) is 0 Å². The molecular formula is C73H97N15O17. The van der Waals surface area contributed by atoms with Crippen molar-refractivity contribution < 1.29 is 83.0 Å². The van der Waals surface area contributed by atoms with Crippen molar-refractivity contribution >= 4 is 65.0 Å². The SMILES string of the molecule is CC(C)C[C@@H]1NC(=O)[C@H](CCCN)NC(=O)[C@H](C(C)C)NC(=O)[C@H](Cc2ccc(O)cc2)NC(=O)[C@H](CCC(N)=O)NC(=O)[C@H](Cc2cn([C@H]3O[C@H](CO)[C@@H](O)[C@H](O)[C@@H]3O)nn2)NC(=O)[C@@H](Cc2ccccc2)NC(=O)[C@H](Cc2ccccc2)NC(=O)[C@@H]2CCCN2C(=O)[C@@H](Cc2ccccc2)NC1=O. The number of primary amides is 1. The number of phenols is 1. The number of benzene rings is 4. The first-order valence-electron chi connectivity index (χ1n) is 35.3. The Morgan fingerprint density at radius 3 is 1.48 bits per heavy atom. The molecule has 0 aliphatic carbocycles. The lowest BCUT2D eigenvalue weighted by atomic mass is 9.98. The molecule has 4 heterocycles. The molecule has 18 N–H and O–H groups in total. The van der Waals surface area contributed by atoms with E-state index in [0.717, 1.165) is 4.68 Å². The molecule has 3 aliphatic heterocycles. The fourth-order valence-corrected chi connectivity index (χ4v) is 12.8. The molecule has 0 unspecified atom stereocenters.